The number of fused-ring (bicyclic) bond motifs is 1. The second-order valence-corrected chi connectivity index (χ2v) is 4.38. The van der Waals surface area contributed by atoms with Crippen LogP contribution in [0.15, 0.2) is 18.3 Å². The van der Waals surface area contributed by atoms with Crippen LogP contribution in [0.5, 0.6) is 11.5 Å². The molecule has 0 fully saturated rings. The molecule has 0 saturated heterocycles. The van der Waals surface area contributed by atoms with Gasteiger partial charge in [-0.3, -0.25) is 4.68 Å². The Morgan fingerprint density at radius 1 is 1.28 bits per heavy atom. The first-order valence-corrected chi connectivity index (χ1v) is 5.85. The lowest BCUT2D eigenvalue weighted by atomic mass is 10.0. The molecule has 5 nitrogen and oxygen atoms in total. The monoisotopic (exact) mass is 245 g/mol. The summed E-state index contributed by atoms with van der Waals surface area (Å²) in [7, 11) is 1.82. The van der Waals surface area contributed by atoms with Crippen molar-refractivity contribution < 1.29 is 9.47 Å². The Balaban J connectivity index is 2.14. The molecule has 0 saturated carbocycles. The van der Waals surface area contributed by atoms with E-state index < -0.39 is 0 Å². The molecule has 0 amide bonds. The van der Waals surface area contributed by atoms with Crippen LogP contribution < -0.4 is 15.2 Å². The molecule has 3 rings (SSSR count). The predicted molar refractivity (Wildman–Crippen MR) is 68.8 cm³/mol. The third kappa shape index (κ3) is 1.59. The van der Waals surface area contributed by atoms with Crippen molar-refractivity contribution in [3.63, 3.8) is 0 Å². The molecule has 5 heteroatoms. The highest BCUT2D eigenvalue weighted by atomic mass is 16.6. The normalized spacial score (nSPS) is 13.7. The minimum Gasteiger partial charge on any atom is -0.486 e. The third-order valence-electron chi connectivity index (χ3n) is 3.12. The summed E-state index contributed by atoms with van der Waals surface area (Å²) < 4.78 is 12.9. The molecule has 1 aromatic heterocycles. The van der Waals surface area contributed by atoms with Crippen LogP contribution in [-0.2, 0) is 7.05 Å². The van der Waals surface area contributed by atoms with Crippen LogP contribution in [0, 0.1) is 6.92 Å². The molecule has 1 aliphatic heterocycles. The Kier molecular flexibility index (Phi) is 2.40. The lowest BCUT2D eigenvalue weighted by Gasteiger charge is -2.21. The molecule has 2 heterocycles. The second-order valence-electron chi connectivity index (χ2n) is 4.38. The standard InChI is InChI=1S/C13H15N3O2/c1-8-5-9(10-7-15-16(2)13(10)14)6-11-12(8)18-4-3-17-11/h5-7H,3-4,14H2,1-2H3. The zero-order valence-electron chi connectivity index (χ0n) is 10.4. The highest BCUT2D eigenvalue weighted by molar-refractivity contribution is 5.76. The van der Waals surface area contributed by atoms with Gasteiger partial charge in [-0.05, 0) is 30.2 Å². The Labute approximate surface area is 105 Å². The van der Waals surface area contributed by atoms with Crippen molar-refractivity contribution in [1.29, 1.82) is 0 Å². The molecule has 0 atom stereocenters. The maximum absolute atomic E-state index is 5.99. The number of benzene rings is 1. The lowest BCUT2D eigenvalue weighted by molar-refractivity contribution is 0.170. The van der Waals surface area contributed by atoms with Crippen molar-refractivity contribution in [3.05, 3.63) is 23.9 Å². The smallest absolute Gasteiger partial charge is 0.164 e. The summed E-state index contributed by atoms with van der Waals surface area (Å²) in [6, 6.07) is 4.00. The second kappa shape index (κ2) is 3.94. The summed E-state index contributed by atoms with van der Waals surface area (Å²) in [5, 5.41) is 4.15. The molecular weight excluding hydrogens is 230 g/mol. The molecular formula is C13H15N3O2. The van der Waals surface area contributed by atoms with Crippen molar-refractivity contribution in [2.75, 3.05) is 18.9 Å². The summed E-state index contributed by atoms with van der Waals surface area (Å²) in [5.41, 5.74) is 8.95. The van der Waals surface area contributed by atoms with Gasteiger partial charge in [0.05, 0.1) is 6.20 Å². The molecule has 0 unspecified atom stereocenters. The van der Waals surface area contributed by atoms with E-state index in [1.807, 2.05) is 26.1 Å². The zero-order valence-corrected chi connectivity index (χ0v) is 10.4. The van der Waals surface area contributed by atoms with Gasteiger partial charge in [0, 0.05) is 12.6 Å². The van der Waals surface area contributed by atoms with Crippen LogP contribution in [0.2, 0.25) is 0 Å². The number of nitrogens with two attached hydrogens (primary N) is 1. The van der Waals surface area contributed by atoms with Gasteiger partial charge in [-0.1, -0.05) is 0 Å². The maximum atomic E-state index is 5.99. The highest BCUT2D eigenvalue weighted by Gasteiger charge is 2.17. The molecule has 1 aromatic carbocycles. The molecule has 94 valence electrons. The van der Waals surface area contributed by atoms with Crippen molar-refractivity contribution in [3.8, 4) is 22.6 Å². The molecule has 0 spiro atoms. The summed E-state index contributed by atoms with van der Waals surface area (Å²) in [6.45, 7) is 3.18. The van der Waals surface area contributed by atoms with Gasteiger partial charge in [-0.25, -0.2) is 0 Å². The van der Waals surface area contributed by atoms with Crippen molar-refractivity contribution in [2.24, 2.45) is 7.05 Å². The molecule has 2 aromatic rings. The summed E-state index contributed by atoms with van der Waals surface area (Å²) >= 11 is 0. The summed E-state index contributed by atoms with van der Waals surface area (Å²) in [5.74, 6) is 2.25. The fourth-order valence-electron chi connectivity index (χ4n) is 2.15. The lowest BCUT2D eigenvalue weighted by Crippen LogP contribution is -2.16. The van der Waals surface area contributed by atoms with E-state index >= 15 is 0 Å². The van der Waals surface area contributed by atoms with E-state index in [9.17, 15) is 0 Å². The Bertz CT molecular complexity index is 605. The molecule has 2 N–H and O–H groups in total. The van der Waals surface area contributed by atoms with Crippen LogP contribution >= 0.6 is 0 Å². The van der Waals surface area contributed by atoms with E-state index in [4.69, 9.17) is 15.2 Å². The van der Waals surface area contributed by atoms with Gasteiger partial charge >= 0.3 is 0 Å². The quantitative estimate of drug-likeness (QED) is 0.831. The van der Waals surface area contributed by atoms with Gasteiger partial charge in [-0.2, -0.15) is 5.10 Å². The largest absolute Gasteiger partial charge is 0.486 e. The Morgan fingerprint density at radius 2 is 2.06 bits per heavy atom. The summed E-state index contributed by atoms with van der Waals surface area (Å²) in [6.07, 6.45) is 1.76. The fraction of sp³-hybridized carbons (Fsp3) is 0.308. The van der Waals surface area contributed by atoms with Crippen LogP contribution in [0.25, 0.3) is 11.1 Å². The number of ether oxygens (including phenoxy) is 2. The zero-order chi connectivity index (χ0) is 12.7. The number of aromatic nitrogens is 2. The topological polar surface area (TPSA) is 62.3 Å². The maximum Gasteiger partial charge on any atom is 0.164 e. The molecule has 0 radical (unpaired) electrons. The Morgan fingerprint density at radius 3 is 2.78 bits per heavy atom. The molecule has 0 bridgehead atoms. The third-order valence-corrected chi connectivity index (χ3v) is 3.12. The van der Waals surface area contributed by atoms with Crippen molar-refractivity contribution in [2.45, 2.75) is 6.92 Å². The first-order chi connectivity index (χ1) is 8.66. The molecule has 1 aliphatic rings. The van der Waals surface area contributed by atoms with Gasteiger partial charge in [-0.15, -0.1) is 0 Å². The average molecular weight is 245 g/mol. The number of anilines is 1. The molecule has 18 heavy (non-hydrogen) atoms. The minimum absolute atomic E-state index is 0.582. The average Bonchev–Trinajstić information content (AvgIpc) is 2.70. The Hall–Kier alpha value is -2.17. The van der Waals surface area contributed by atoms with Gasteiger partial charge in [0.25, 0.3) is 0 Å². The molecule has 0 aliphatic carbocycles. The van der Waals surface area contributed by atoms with Crippen LogP contribution in [0.1, 0.15) is 5.56 Å². The first kappa shape index (κ1) is 11.0. The van der Waals surface area contributed by atoms with Crippen molar-refractivity contribution in [1.82, 2.24) is 9.78 Å². The van der Waals surface area contributed by atoms with E-state index in [0.717, 1.165) is 28.2 Å². The summed E-state index contributed by atoms with van der Waals surface area (Å²) in [4.78, 5) is 0. The van der Waals surface area contributed by atoms with Gasteiger partial charge in [0.15, 0.2) is 11.5 Å². The number of nitrogens with zero attached hydrogens (tertiary/aromatic N) is 2. The predicted octanol–water partition coefficient (Wildman–Crippen LogP) is 1.75. The van der Waals surface area contributed by atoms with Gasteiger partial charge < -0.3 is 15.2 Å². The van der Waals surface area contributed by atoms with Gasteiger partial charge in [0.2, 0.25) is 0 Å². The number of hydrogen-bond donors (Lipinski definition) is 1. The number of hydrogen-bond acceptors (Lipinski definition) is 4. The highest BCUT2D eigenvalue weighted by Crippen LogP contribution is 2.38. The SMILES string of the molecule is Cc1cc(-c2cnn(C)c2N)cc2c1OCCO2. The van der Waals surface area contributed by atoms with Crippen LogP contribution in [0.3, 0.4) is 0 Å². The van der Waals surface area contributed by atoms with E-state index in [-0.39, 0.29) is 0 Å². The minimum atomic E-state index is 0.582. The van der Waals surface area contributed by atoms with Gasteiger partial charge in [0.1, 0.15) is 19.0 Å². The number of rotatable bonds is 1. The van der Waals surface area contributed by atoms with E-state index in [1.165, 1.54) is 0 Å². The van der Waals surface area contributed by atoms with E-state index in [1.54, 1.807) is 10.9 Å². The van der Waals surface area contributed by atoms with Crippen molar-refractivity contribution >= 4 is 5.82 Å². The fourth-order valence-corrected chi connectivity index (χ4v) is 2.15. The van der Waals surface area contributed by atoms with E-state index in [2.05, 4.69) is 5.10 Å². The number of aryl methyl sites for hydroxylation is 2. The van der Waals surface area contributed by atoms with Crippen LogP contribution in [-0.4, -0.2) is 23.0 Å². The van der Waals surface area contributed by atoms with Crippen LogP contribution in [0.4, 0.5) is 5.82 Å². The first-order valence-electron chi connectivity index (χ1n) is 5.85. The van der Waals surface area contributed by atoms with E-state index in [0.29, 0.717) is 19.0 Å². The number of nitrogen functional groups attached to an aromatic ring is 1.